The van der Waals surface area contributed by atoms with E-state index in [-0.39, 0.29) is 23.8 Å². The highest BCUT2D eigenvalue weighted by molar-refractivity contribution is 5.83. The predicted molar refractivity (Wildman–Crippen MR) is 92.5 cm³/mol. The average molecular weight is 329 g/mol. The number of hydrogen-bond acceptors (Lipinski definition) is 2. The standard InChI is InChI=1S/C20H27NO3/c1-13-8-15(10-20(2,3)9-13)18(22)21-11-14-6-4-5-7-16(14)17(12-21)19(23)24/h4-7,13,15,17H,8-12H2,1-3H3,(H,23,24). The van der Waals surface area contributed by atoms with Crippen LogP contribution in [0, 0.1) is 17.3 Å². The van der Waals surface area contributed by atoms with Gasteiger partial charge in [-0.1, -0.05) is 45.0 Å². The van der Waals surface area contributed by atoms with Crippen LogP contribution in [0.3, 0.4) is 0 Å². The van der Waals surface area contributed by atoms with Gasteiger partial charge in [0, 0.05) is 19.0 Å². The van der Waals surface area contributed by atoms with Crippen molar-refractivity contribution in [2.45, 2.75) is 52.5 Å². The fourth-order valence-electron chi connectivity index (χ4n) is 4.78. The van der Waals surface area contributed by atoms with Gasteiger partial charge >= 0.3 is 5.97 Å². The van der Waals surface area contributed by atoms with Gasteiger partial charge < -0.3 is 10.0 Å². The van der Waals surface area contributed by atoms with E-state index in [0.717, 1.165) is 30.4 Å². The summed E-state index contributed by atoms with van der Waals surface area (Å²) in [5, 5.41) is 9.58. The highest BCUT2D eigenvalue weighted by Crippen LogP contribution is 2.43. The van der Waals surface area contributed by atoms with Crippen LogP contribution in [0.1, 0.15) is 57.1 Å². The van der Waals surface area contributed by atoms with Crippen LogP contribution in [0.15, 0.2) is 24.3 Å². The molecule has 1 heterocycles. The van der Waals surface area contributed by atoms with Crippen molar-refractivity contribution in [3.8, 4) is 0 Å². The molecule has 1 fully saturated rings. The molecule has 3 unspecified atom stereocenters. The number of fused-ring (bicyclic) bond motifs is 1. The minimum atomic E-state index is -0.850. The summed E-state index contributed by atoms with van der Waals surface area (Å²) >= 11 is 0. The zero-order chi connectivity index (χ0) is 17.5. The van der Waals surface area contributed by atoms with Crippen LogP contribution in [0.5, 0.6) is 0 Å². The van der Waals surface area contributed by atoms with E-state index < -0.39 is 11.9 Å². The molecule has 4 nitrogen and oxygen atoms in total. The Balaban J connectivity index is 1.82. The van der Waals surface area contributed by atoms with Gasteiger partial charge in [-0.05, 0) is 41.7 Å². The number of benzene rings is 1. The van der Waals surface area contributed by atoms with E-state index in [0.29, 0.717) is 12.5 Å². The van der Waals surface area contributed by atoms with Crippen molar-refractivity contribution >= 4 is 11.9 Å². The first kappa shape index (κ1) is 17.0. The van der Waals surface area contributed by atoms with Crippen molar-refractivity contribution in [1.29, 1.82) is 0 Å². The first-order valence-corrected chi connectivity index (χ1v) is 8.86. The number of carbonyl (C=O) groups excluding carboxylic acids is 1. The summed E-state index contributed by atoms with van der Waals surface area (Å²) in [5.41, 5.74) is 2.00. The lowest BCUT2D eigenvalue weighted by Crippen LogP contribution is -2.45. The molecular weight excluding hydrogens is 302 g/mol. The monoisotopic (exact) mass is 329 g/mol. The Hall–Kier alpha value is -1.84. The van der Waals surface area contributed by atoms with Gasteiger partial charge in [-0.15, -0.1) is 0 Å². The number of hydrogen-bond donors (Lipinski definition) is 1. The van der Waals surface area contributed by atoms with Gasteiger partial charge in [0.05, 0.1) is 5.92 Å². The first-order valence-electron chi connectivity index (χ1n) is 8.86. The van der Waals surface area contributed by atoms with E-state index >= 15 is 0 Å². The second-order valence-corrected chi connectivity index (χ2v) is 8.42. The minimum absolute atomic E-state index is 0.0171. The van der Waals surface area contributed by atoms with Gasteiger partial charge in [-0.3, -0.25) is 9.59 Å². The number of rotatable bonds is 2. The number of carbonyl (C=O) groups is 2. The SMILES string of the molecule is CC1CC(C(=O)N2Cc3ccccc3C(C(=O)O)C2)CC(C)(C)C1. The van der Waals surface area contributed by atoms with Crippen molar-refractivity contribution in [3.63, 3.8) is 0 Å². The molecule has 2 aliphatic rings. The van der Waals surface area contributed by atoms with Gasteiger partial charge in [-0.25, -0.2) is 0 Å². The summed E-state index contributed by atoms with van der Waals surface area (Å²) in [6.45, 7) is 7.50. The molecule has 1 aliphatic carbocycles. The minimum Gasteiger partial charge on any atom is -0.481 e. The molecule has 1 saturated carbocycles. The van der Waals surface area contributed by atoms with Crippen molar-refractivity contribution < 1.29 is 14.7 Å². The Morgan fingerprint density at radius 3 is 2.58 bits per heavy atom. The molecule has 1 aliphatic heterocycles. The third kappa shape index (κ3) is 3.33. The molecule has 0 aromatic heterocycles. The summed E-state index contributed by atoms with van der Waals surface area (Å²) in [4.78, 5) is 26.6. The Morgan fingerprint density at radius 2 is 1.92 bits per heavy atom. The molecule has 3 rings (SSSR count). The summed E-state index contributed by atoms with van der Waals surface area (Å²) in [6, 6.07) is 7.61. The van der Waals surface area contributed by atoms with Gasteiger partial charge in [0.25, 0.3) is 0 Å². The molecule has 0 bridgehead atoms. The fourth-order valence-corrected chi connectivity index (χ4v) is 4.78. The third-order valence-electron chi connectivity index (χ3n) is 5.54. The second-order valence-electron chi connectivity index (χ2n) is 8.42. The summed E-state index contributed by atoms with van der Waals surface area (Å²) in [6.07, 6.45) is 2.96. The van der Waals surface area contributed by atoms with Crippen LogP contribution < -0.4 is 0 Å². The molecule has 1 N–H and O–H groups in total. The smallest absolute Gasteiger partial charge is 0.312 e. The van der Waals surface area contributed by atoms with Gasteiger partial charge in [0.2, 0.25) is 5.91 Å². The zero-order valence-corrected chi connectivity index (χ0v) is 14.8. The number of carboxylic acids is 1. The van der Waals surface area contributed by atoms with Gasteiger partial charge in [-0.2, -0.15) is 0 Å². The molecule has 0 saturated heterocycles. The number of nitrogens with zero attached hydrogens (tertiary/aromatic N) is 1. The Kier molecular flexibility index (Phi) is 4.41. The normalized spacial score (nSPS) is 29.0. The Bertz CT molecular complexity index is 652. The first-order chi connectivity index (χ1) is 11.3. The maximum atomic E-state index is 13.1. The highest BCUT2D eigenvalue weighted by Gasteiger charge is 2.40. The van der Waals surface area contributed by atoms with Crippen LogP contribution in [0.2, 0.25) is 0 Å². The summed E-state index contributed by atoms with van der Waals surface area (Å²) in [5.74, 6) is -0.779. The van der Waals surface area contributed by atoms with Crippen LogP contribution in [0.4, 0.5) is 0 Å². The van der Waals surface area contributed by atoms with Gasteiger partial charge in [0.1, 0.15) is 0 Å². The summed E-state index contributed by atoms with van der Waals surface area (Å²) < 4.78 is 0. The number of carboxylic acid groups (broad SMARTS) is 1. The second kappa shape index (κ2) is 6.23. The highest BCUT2D eigenvalue weighted by atomic mass is 16.4. The topological polar surface area (TPSA) is 57.6 Å². The molecule has 1 aromatic rings. The molecular formula is C20H27NO3. The molecule has 130 valence electrons. The van der Waals surface area contributed by atoms with E-state index in [9.17, 15) is 14.7 Å². The lowest BCUT2D eigenvalue weighted by Gasteiger charge is -2.41. The van der Waals surface area contributed by atoms with E-state index in [1.54, 1.807) is 4.90 Å². The number of aliphatic carboxylic acids is 1. The molecule has 24 heavy (non-hydrogen) atoms. The molecule has 0 spiro atoms. The van der Waals surface area contributed by atoms with Crippen LogP contribution in [-0.2, 0) is 16.1 Å². The quantitative estimate of drug-likeness (QED) is 0.901. The van der Waals surface area contributed by atoms with E-state index in [1.165, 1.54) is 0 Å². The third-order valence-corrected chi connectivity index (χ3v) is 5.54. The largest absolute Gasteiger partial charge is 0.481 e. The van der Waals surface area contributed by atoms with E-state index in [2.05, 4.69) is 20.8 Å². The molecule has 0 radical (unpaired) electrons. The Morgan fingerprint density at radius 1 is 1.21 bits per heavy atom. The van der Waals surface area contributed by atoms with Crippen LogP contribution in [-0.4, -0.2) is 28.4 Å². The van der Waals surface area contributed by atoms with Crippen LogP contribution >= 0.6 is 0 Å². The molecule has 1 aromatic carbocycles. The number of amides is 1. The van der Waals surface area contributed by atoms with Crippen molar-refractivity contribution in [2.75, 3.05) is 6.54 Å². The van der Waals surface area contributed by atoms with Crippen molar-refractivity contribution in [1.82, 2.24) is 4.90 Å². The molecule has 4 heteroatoms. The fraction of sp³-hybridized carbons (Fsp3) is 0.600. The van der Waals surface area contributed by atoms with Crippen LogP contribution in [0.25, 0.3) is 0 Å². The molecule has 3 atom stereocenters. The lowest BCUT2D eigenvalue weighted by atomic mass is 9.67. The average Bonchev–Trinajstić information content (AvgIpc) is 2.51. The zero-order valence-electron chi connectivity index (χ0n) is 14.8. The maximum Gasteiger partial charge on any atom is 0.312 e. The van der Waals surface area contributed by atoms with Crippen molar-refractivity contribution in [3.05, 3.63) is 35.4 Å². The summed E-state index contributed by atoms with van der Waals surface area (Å²) in [7, 11) is 0. The predicted octanol–water partition coefficient (Wildman–Crippen LogP) is 3.66. The van der Waals surface area contributed by atoms with E-state index in [4.69, 9.17) is 0 Å². The van der Waals surface area contributed by atoms with E-state index in [1.807, 2.05) is 24.3 Å². The Labute approximate surface area is 143 Å². The maximum absolute atomic E-state index is 13.1. The molecule has 1 amide bonds. The lowest BCUT2D eigenvalue weighted by molar-refractivity contribution is -0.144. The van der Waals surface area contributed by atoms with Gasteiger partial charge in [0.15, 0.2) is 0 Å². The van der Waals surface area contributed by atoms with Crippen molar-refractivity contribution in [2.24, 2.45) is 17.3 Å².